The summed E-state index contributed by atoms with van der Waals surface area (Å²) in [5.74, 6) is 1.12. The number of H-pyrrole nitrogens is 1. The van der Waals surface area contributed by atoms with Gasteiger partial charge in [-0.05, 0) is 42.8 Å². The Bertz CT molecular complexity index is 1040. The van der Waals surface area contributed by atoms with Crippen molar-refractivity contribution in [2.45, 2.75) is 23.8 Å². The molecule has 0 fully saturated rings. The molecule has 3 aromatic heterocycles. The minimum atomic E-state index is -0.355. The minimum Gasteiger partial charge on any atom is -0.463 e. The highest BCUT2D eigenvalue weighted by Gasteiger charge is 2.24. The third-order valence-electron chi connectivity index (χ3n) is 4.25. The number of nitrogens with one attached hydrogen (secondary N) is 2. The topological polar surface area (TPSA) is 84.1 Å². The van der Waals surface area contributed by atoms with Crippen LogP contribution in [0.5, 0.6) is 0 Å². The van der Waals surface area contributed by atoms with Crippen LogP contribution in [0.25, 0.3) is 22.9 Å². The first-order chi connectivity index (χ1) is 14.2. The lowest BCUT2D eigenvalue weighted by molar-refractivity contribution is -0.115. The van der Waals surface area contributed by atoms with Gasteiger partial charge in [0.05, 0.1) is 28.5 Å². The van der Waals surface area contributed by atoms with Gasteiger partial charge in [0.15, 0.2) is 16.7 Å². The molecule has 1 unspecified atom stereocenters. The highest BCUT2D eigenvalue weighted by molar-refractivity contribution is 8.00. The van der Waals surface area contributed by atoms with E-state index in [0.29, 0.717) is 45.2 Å². The maximum absolute atomic E-state index is 12.8. The number of benzene rings is 1. The van der Waals surface area contributed by atoms with Crippen LogP contribution in [0.15, 0.2) is 75.0 Å². The number of halogens is 1. The number of hydrogen-bond donors (Lipinski definition) is 2. The fourth-order valence-electron chi connectivity index (χ4n) is 2.83. The van der Waals surface area contributed by atoms with Crippen molar-refractivity contribution < 1.29 is 13.6 Å². The van der Waals surface area contributed by atoms with Gasteiger partial charge >= 0.3 is 0 Å². The van der Waals surface area contributed by atoms with Gasteiger partial charge in [-0.3, -0.25) is 4.79 Å². The van der Waals surface area contributed by atoms with Crippen LogP contribution in [-0.2, 0) is 4.79 Å². The molecule has 0 aliphatic heterocycles. The van der Waals surface area contributed by atoms with E-state index in [1.165, 1.54) is 11.8 Å². The molecule has 1 atom stereocenters. The van der Waals surface area contributed by atoms with Crippen molar-refractivity contribution in [3.63, 3.8) is 0 Å². The van der Waals surface area contributed by atoms with Crippen LogP contribution in [0, 0.1) is 0 Å². The van der Waals surface area contributed by atoms with Crippen molar-refractivity contribution in [3.8, 4) is 22.9 Å². The molecule has 2 N–H and O–H groups in total. The summed E-state index contributed by atoms with van der Waals surface area (Å²) >= 11 is 7.50. The number of carbonyl (C=O) groups excluding carboxylic acids is 1. The van der Waals surface area contributed by atoms with Crippen LogP contribution in [0.1, 0.15) is 13.3 Å². The Morgan fingerprint density at radius 2 is 1.86 bits per heavy atom. The number of aromatic nitrogens is 2. The normalized spacial score (nSPS) is 12.1. The molecule has 3 heterocycles. The SMILES string of the molecule is CCC(Sc1nc(-c2ccco2)c(-c2ccco2)[nH]1)C(=O)Nc1ccccc1Cl. The summed E-state index contributed by atoms with van der Waals surface area (Å²) in [6, 6.07) is 14.4. The highest BCUT2D eigenvalue weighted by Crippen LogP contribution is 2.35. The molecule has 148 valence electrons. The average molecular weight is 428 g/mol. The third-order valence-corrected chi connectivity index (χ3v) is 5.83. The smallest absolute Gasteiger partial charge is 0.238 e. The summed E-state index contributed by atoms with van der Waals surface area (Å²) in [5, 5.41) is 3.63. The molecule has 0 radical (unpaired) electrons. The molecule has 0 aliphatic carbocycles. The number of rotatable bonds is 7. The van der Waals surface area contributed by atoms with Gasteiger partial charge in [-0.25, -0.2) is 4.98 Å². The van der Waals surface area contributed by atoms with E-state index in [-0.39, 0.29) is 11.2 Å². The fourth-order valence-corrected chi connectivity index (χ4v) is 3.92. The first kappa shape index (κ1) is 19.4. The van der Waals surface area contributed by atoms with E-state index in [9.17, 15) is 4.79 Å². The molecule has 0 saturated heterocycles. The zero-order valence-electron chi connectivity index (χ0n) is 15.5. The first-order valence-corrected chi connectivity index (χ1v) is 10.3. The zero-order chi connectivity index (χ0) is 20.2. The fraction of sp³-hybridized carbons (Fsp3) is 0.143. The van der Waals surface area contributed by atoms with Crippen LogP contribution in [0.2, 0.25) is 5.02 Å². The Balaban J connectivity index is 1.58. The number of para-hydroxylation sites is 1. The molecule has 0 spiro atoms. The summed E-state index contributed by atoms with van der Waals surface area (Å²) < 4.78 is 11.0. The van der Waals surface area contributed by atoms with E-state index in [1.54, 1.807) is 36.8 Å². The van der Waals surface area contributed by atoms with Crippen molar-refractivity contribution in [3.05, 3.63) is 66.1 Å². The lowest BCUT2D eigenvalue weighted by Crippen LogP contribution is -2.24. The van der Waals surface area contributed by atoms with Gasteiger partial charge < -0.3 is 19.1 Å². The third kappa shape index (κ3) is 4.26. The summed E-state index contributed by atoms with van der Waals surface area (Å²) in [6.45, 7) is 1.95. The molecule has 4 aromatic rings. The van der Waals surface area contributed by atoms with Crippen molar-refractivity contribution in [2.75, 3.05) is 5.32 Å². The number of thioether (sulfide) groups is 1. The quantitative estimate of drug-likeness (QED) is 0.348. The molecule has 1 aromatic carbocycles. The second kappa shape index (κ2) is 8.63. The van der Waals surface area contributed by atoms with E-state index in [1.807, 2.05) is 31.2 Å². The molecule has 6 nitrogen and oxygen atoms in total. The number of imidazole rings is 1. The number of hydrogen-bond acceptors (Lipinski definition) is 5. The summed E-state index contributed by atoms with van der Waals surface area (Å²) in [7, 11) is 0. The van der Waals surface area contributed by atoms with Crippen molar-refractivity contribution in [2.24, 2.45) is 0 Å². The maximum atomic E-state index is 12.8. The van der Waals surface area contributed by atoms with Gasteiger partial charge in [0.1, 0.15) is 11.4 Å². The number of aromatic amines is 1. The largest absolute Gasteiger partial charge is 0.463 e. The Labute approximate surface area is 176 Å². The molecule has 1 amide bonds. The minimum absolute atomic E-state index is 0.138. The Morgan fingerprint density at radius 1 is 1.14 bits per heavy atom. The molecule has 4 rings (SSSR count). The van der Waals surface area contributed by atoms with Crippen LogP contribution < -0.4 is 5.32 Å². The van der Waals surface area contributed by atoms with E-state index in [0.717, 1.165) is 0 Å². The predicted octanol–water partition coefficient (Wildman–Crippen LogP) is 6.09. The standard InChI is InChI=1S/C21H18ClN3O3S/c1-2-17(20(26)23-14-8-4-3-7-13(14)22)29-21-24-18(15-9-5-11-27-15)19(25-21)16-10-6-12-28-16/h3-12,17H,2H2,1H3,(H,23,26)(H,24,25). The Morgan fingerprint density at radius 3 is 2.52 bits per heavy atom. The summed E-state index contributed by atoms with van der Waals surface area (Å²) in [4.78, 5) is 20.7. The van der Waals surface area contributed by atoms with Gasteiger partial charge in [-0.15, -0.1) is 0 Å². The van der Waals surface area contributed by atoms with Crippen molar-refractivity contribution in [1.29, 1.82) is 0 Å². The van der Waals surface area contributed by atoms with Crippen LogP contribution in [0.4, 0.5) is 5.69 Å². The Hall–Kier alpha value is -2.90. The maximum Gasteiger partial charge on any atom is 0.238 e. The Kier molecular flexibility index (Phi) is 5.78. The van der Waals surface area contributed by atoms with Crippen molar-refractivity contribution >= 4 is 35.0 Å². The van der Waals surface area contributed by atoms with Gasteiger partial charge in [-0.2, -0.15) is 0 Å². The van der Waals surface area contributed by atoms with Crippen LogP contribution in [0.3, 0.4) is 0 Å². The number of nitrogens with zero attached hydrogens (tertiary/aromatic N) is 1. The van der Waals surface area contributed by atoms with Gasteiger partial charge in [-0.1, -0.05) is 42.4 Å². The summed E-state index contributed by atoms with van der Waals surface area (Å²) in [5.41, 5.74) is 1.92. The first-order valence-electron chi connectivity index (χ1n) is 9.05. The molecule has 0 aliphatic rings. The van der Waals surface area contributed by atoms with Gasteiger partial charge in [0.25, 0.3) is 0 Å². The van der Waals surface area contributed by atoms with Gasteiger partial charge in [0, 0.05) is 0 Å². The summed E-state index contributed by atoms with van der Waals surface area (Å²) in [6.07, 6.45) is 3.81. The van der Waals surface area contributed by atoms with E-state index in [4.69, 9.17) is 20.4 Å². The lowest BCUT2D eigenvalue weighted by Gasteiger charge is -2.14. The second-order valence-corrected chi connectivity index (χ2v) is 7.80. The molecule has 29 heavy (non-hydrogen) atoms. The van der Waals surface area contributed by atoms with E-state index < -0.39 is 0 Å². The monoisotopic (exact) mass is 427 g/mol. The highest BCUT2D eigenvalue weighted by atomic mass is 35.5. The van der Waals surface area contributed by atoms with E-state index >= 15 is 0 Å². The molecule has 0 saturated carbocycles. The molecule has 8 heteroatoms. The zero-order valence-corrected chi connectivity index (χ0v) is 17.1. The lowest BCUT2D eigenvalue weighted by atomic mass is 10.2. The molecular formula is C21H18ClN3O3S. The molecular weight excluding hydrogens is 410 g/mol. The molecule has 0 bridgehead atoms. The van der Waals surface area contributed by atoms with Crippen LogP contribution in [-0.4, -0.2) is 21.1 Å². The number of anilines is 1. The number of furan rings is 2. The second-order valence-electron chi connectivity index (χ2n) is 6.20. The predicted molar refractivity (Wildman–Crippen MR) is 114 cm³/mol. The van der Waals surface area contributed by atoms with Crippen LogP contribution >= 0.6 is 23.4 Å². The van der Waals surface area contributed by atoms with E-state index in [2.05, 4.69) is 15.3 Å². The average Bonchev–Trinajstić information content (AvgIpc) is 3.47. The number of carbonyl (C=O) groups is 1. The van der Waals surface area contributed by atoms with Crippen molar-refractivity contribution in [1.82, 2.24) is 9.97 Å². The van der Waals surface area contributed by atoms with Gasteiger partial charge in [0.2, 0.25) is 5.91 Å². The number of amides is 1.